The lowest BCUT2D eigenvalue weighted by molar-refractivity contribution is 0.400. The molecule has 3 nitrogen and oxygen atoms in total. The van der Waals surface area contributed by atoms with Crippen LogP contribution in [0.2, 0.25) is 0 Å². The molecule has 0 aliphatic carbocycles. The molecule has 1 aromatic heterocycles. The van der Waals surface area contributed by atoms with Crippen molar-refractivity contribution in [3.63, 3.8) is 0 Å². The van der Waals surface area contributed by atoms with Gasteiger partial charge in [-0.15, -0.1) is 0 Å². The third kappa shape index (κ3) is 1.53. The lowest BCUT2D eigenvalue weighted by atomic mass is 10.2. The minimum Gasteiger partial charge on any atom is -0.493 e. The highest BCUT2D eigenvalue weighted by Crippen LogP contribution is 2.17. The predicted molar refractivity (Wildman–Crippen MR) is 43.6 cm³/mol. The second-order valence-electron chi connectivity index (χ2n) is 2.56. The quantitative estimate of drug-likeness (QED) is 0.717. The minimum absolute atomic E-state index is 0.328. The van der Waals surface area contributed by atoms with Crippen LogP contribution in [-0.4, -0.2) is 14.9 Å². The molecule has 1 rings (SSSR count). The Morgan fingerprint density at radius 2 is 2.27 bits per heavy atom. The molecule has 0 radical (unpaired) electrons. The van der Waals surface area contributed by atoms with E-state index in [0.717, 1.165) is 24.9 Å². The van der Waals surface area contributed by atoms with Crippen molar-refractivity contribution in [2.24, 2.45) is 0 Å². The number of aryl methyl sites for hydroxylation is 2. The van der Waals surface area contributed by atoms with Crippen LogP contribution in [-0.2, 0) is 13.0 Å². The average molecular weight is 154 g/mol. The van der Waals surface area contributed by atoms with Crippen LogP contribution in [0.1, 0.15) is 25.8 Å². The molecule has 0 saturated carbocycles. The first-order valence-corrected chi connectivity index (χ1v) is 4.03. The second kappa shape index (κ2) is 3.42. The number of nitrogens with zero attached hydrogens (tertiary/aromatic N) is 2. The maximum absolute atomic E-state index is 9.46. The number of hydrogen-bond acceptors (Lipinski definition) is 2. The van der Waals surface area contributed by atoms with Crippen LogP contribution in [0.25, 0.3) is 0 Å². The molecule has 0 spiro atoms. The molecule has 0 aliphatic heterocycles. The molecule has 3 heteroatoms. The molecule has 0 unspecified atom stereocenters. The Morgan fingerprint density at radius 1 is 1.55 bits per heavy atom. The van der Waals surface area contributed by atoms with Gasteiger partial charge in [-0.3, -0.25) is 0 Å². The largest absolute Gasteiger partial charge is 0.493 e. The summed E-state index contributed by atoms with van der Waals surface area (Å²) in [6, 6.07) is 0. The molecule has 0 aromatic carbocycles. The van der Waals surface area contributed by atoms with Gasteiger partial charge in [0.1, 0.15) is 0 Å². The van der Waals surface area contributed by atoms with Gasteiger partial charge in [0.05, 0.1) is 6.20 Å². The summed E-state index contributed by atoms with van der Waals surface area (Å²) in [4.78, 5) is 0. The van der Waals surface area contributed by atoms with Gasteiger partial charge in [-0.05, 0) is 13.3 Å². The summed E-state index contributed by atoms with van der Waals surface area (Å²) in [6.07, 6.45) is 3.69. The van der Waals surface area contributed by atoms with E-state index in [9.17, 15) is 5.11 Å². The van der Waals surface area contributed by atoms with Crippen molar-refractivity contribution in [1.29, 1.82) is 0 Å². The van der Waals surface area contributed by atoms with E-state index in [1.807, 2.05) is 6.92 Å². The van der Waals surface area contributed by atoms with Crippen LogP contribution in [0.5, 0.6) is 5.88 Å². The molecule has 1 N–H and O–H groups in total. The van der Waals surface area contributed by atoms with Gasteiger partial charge in [-0.25, -0.2) is 4.68 Å². The van der Waals surface area contributed by atoms with E-state index in [0.29, 0.717) is 5.88 Å². The maximum Gasteiger partial charge on any atom is 0.212 e. The molecule has 0 atom stereocenters. The van der Waals surface area contributed by atoms with Gasteiger partial charge in [0, 0.05) is 12.1 Å². The van der Waals surface area contributed by atoms with E-state index in [1.165, 1.54) is 0 Å². The molecular formula is C8H14N2O. The Balaban J connectivity index is 2.82. The Labute approximate surface area is 66.7 Å². The maximum atomic E-state index is 9.46. The van der Waals surface area contributed by atoms with E-state index in [1.54, 1.807) is 10.9 Å². The molecule has 62 valence electrons. The van der Waals surface area contributed by atoms with E-state index >= 15 is 0 Å². The molecule has 0 saturated heterocycles. The summed E-state index contributed by atoms with van der Waals surface area (Å²) in [7, 11) is 0. The normalized spacial score (nSPS) is 10.4. The third-order valence-corrected chi connectivity index (χ3v) is 1.70. The molecule has 0 aliphatic rings. The van der Waals surface area contributed by atoms with Crippen molar-refractivity contribution in [3.05, 3.63) is 11.8 Å². The third-order valence-electron chi connectivity index (χ3n) is 1.70. The highest BCUT2D eigenvalue weighted by Gasteiger charge is 2.05. The van der Waals surface area contributed by atoms with Crippen LogP contribution < -0.4 is 0 Å². The lowest BCUT2D eigenvalue weighted by Crippen LogP contribution is -1.94. The van der Waals surface area contributed by atoms with Crippen molar-refractivity contribution < 1.29 is 5.11 Å². The van der Waals surface area contributed by atoms with E-state index < -0.39 is 0 Å². The molecule has 0 amide bonds. The topological polar surface area (TPSA) is 38.0 Å². The van der Waals surface area contributed by atoms with Gasteiger partial charge in [0.15, 0.2) is 0 Å². The Kier molecular flexibility index (Phi) is 2.52. The minimum atomic E-state index is 0.328. The highest BCUT2D eigenvalue weighted by atomic mass is 16.3. The molecule has 0 fully saturated rings. The number of aromatic hydroxyl groups is 1. The first-order chi connectivity index (χ1) is 5.29. The van der Waals surface area contributed by atoms with Gasteiger partial charge < -0.3 is 5.11 Å². The van der Waals surface area contributed by atoms with E-state index in [-0.39, 0.29) is 0 Å². The fourth-order valence-electron chi connectivity index (χ4n) is 1.09. The fourth-order valence-corrected chi connectivity index (χ4v) is 1.09. The summed E-state index contributed by atoms with van der Waals surface area (Å²) in [5.41, 5.74) is 0.953. The first-order valence-electron chi connectivity index (χ1n) is 4.03. The van der Waals surface area contributed by atoms with Crippen molar-refractivity contribution in [1.82, 2.24) is 9.78 Å². The van der Waals surface area contributed by atoms with Crippen LogP contribution in [0.3, 0.4) is 0 Å². The summed E-state index contributed by atoms with van der Waals surface area (Å²) < 4.78 is 1.60. The van der Waals surface area contributed by atoms with Crippen LogP contribution in [0, 0.1) is 0 Å². The van der Waals surface area contributed by atoms with Crippen LogP contribution in [0.15, 0.2) is 6.20 Å². The summed E-state index contributed by atoms with van der Waals surface area (Å²) in [5.74, 6) is 0.328. The smallest absolute Gasteiger partial charge is 0.212 e. The first kappa shape index (κ1) is 8.11. The zero-order valence-corrected chi connectivity index (χ0v) is 7.04. The number of rotatable bonds is 3. The summed E-state index contributed by atoms with van der Waals surface area (Å²) in [5, 5.41) is 13.5. The standard InChI is InChI=1S/C8H14N2O/c1-3-5-7-6-9-10(4-2)8(7)11/h6,11H,3-5H2,1-2H3. The zero-order valence-electron chi connectivity index (χ0n) is 7.04. The Hall–Kier alpha value is -0.990. The second-order valence-corrected chi connectivity index (χ2v) is 2.56. The zero-order chi connectivity index (χ0) is 8.27. The molecular weight excluding hydrogens is 140 g/mol. The molecule has 1 aromatic rings. The van der Waals surface area contributed by atoms with Crippen molar-refractivity contribution >= 4 is 0 Å². The van der Waals surface area contributed by atoms with E-state index in [4.69, 9.17) is 0 Å². The van der Waals surface area contributed by atoms with Crippen molar-refractivity contribution in [2.45, 2.75) is 33.2 Å². The lowest BCUT2D eigenvalue weighted by Gasteiger charge is -1.98. The van der Waals surface area contributed by atoms with Crippen LogP contribution in [0.4, 0.5) is 0 Å². The fraction of sp³-hybridized carbons (Fsp3) is 0.625. The highest BCUT2D eigenvalue weighted by molar-refractivity contribution is 5.22. The van der Waals surface area contributed by atoms with Gasteiger partial charge in [-0.1, -0.05) is 13.3 Å². The summed E-state index contributed by atoms with van der Waals surface area (Å²) >= 11 is 0. The average Bonchev–Trinajstić information content (AvgIpc) is 2.34. The van der Waals surface area contributed by atoms with E-state index in [2.05, 4.69) is 12.0 Å². The van der Waals surface area contributed by atoms with Gasteiger partial charge in [0.2, 0.25) is 5.88 Å². The van der Waals surface area contributed by atoms with Gasteiger partial charge in [-0.2, -0.15) is 5.10 Å². The monoisotopic (exact) mass is 154 g/mol. The Bertz CT molecular complexity index is 230. The molecule has 11 heavy (non-hydrogen) atoms. The number of hydrogen-bond donors (Lipinski definition) is 1. The predicted octanol–water partition coefficient (Wildman–Crippen LogP) is 1.56. The Morgan fingerprint density at radius 3 is 2.73 bits per heavy atom. The molecule has 0 bridgehead atoms. The molecule has 1 heterocycles. The summed E-state index contributed by atoms with van der Waals surface area (Å²) in [6.45, 7) is 4.78. The van der Waals surface area contributed by atoms with Gasteiger partial charge >= 0.3 is 0 Å². The van der Waals surface area contributed by atoms with Crippen LogP contribution >= 0.6 is 0 Å². The van der Waals surface area contributed by atoms with Crippen molar-refractivity contribution in [2.75, 3.05) is 0 Å². The van der Waals surface area contributed by atoms with Crippen molar-refractivity contribution in [3.8, 4) is 5.88 Å². The number of aromatic nitrogens is 2. The SMILES string of the molecule is CCCc1cnn(CC)c1O. The van der Waals surface area contributed by atoms with Gasteiger partial charge in [0.25, 0.3) is 0 Å².